The van der Waals surface area contributed by atoms with E-state index >= 15 is 0 Å². The molecule has 0 aliphatic carbocycles. The molecule has 0 aromatic heterocycles. The fourth-order valence-electron chi connectivity index (χ4n) is 2.95. The molecule has 1 aromatic rings. The molecule has 0 fully saturated rings. The highest BCUT2D eigenvalue weighted by atomic mass is 15.1. The Morgan fingerprint density at radius 1 is 0.870 bits per heavy atom. The normalized spacial score (nSPS) is 13.0. The maximum absolute atomic E-state index is 5.97. The van der Waals surface area contributed by atoms with Crippen LogP contribution in [0.25, 0.3) is 0 Å². The van der Waals surface area contributed by atoms with Crippen LogP contribution in [0.4, 0.5) is 5.69 Å². The molecule has 4 nitrogen and oxygen atoms in total. The molecule has 132 valence electrons. The summed E-state index contributed by atoms with van der Waals surface area (Å²) in [6, 6.07) is 10.2. The van der Waals surface area contributed by atoms with Crippen molar-refractivity contribution >= 4 is 5.69 Å². The van der Waals surface area contributed by atoms with Crippen LogP contribution in [-0.4, -0.2) is 12.3 Å². The van der Waals surface area contributed by atoms with E-state index in [0.29, 0.717) is 0 Å². The molecule has 1 rings (SSSR count). The zero-order valence-electron chi connectivity index (χ0n) is 14.8. The van der Waals surface area contributed by atoms with Gasteiger partial charge in [-0.1, -0.05) is 63.6 Å². The molecule has 0 heterocycles. The monoisotopic (exact) mass is 320 g/mol. The van der Waals surface area contributed by atoms with Gasteiger partial charge < -0.3 is 22.5 Å². The van der Waals surface area contributed by atoms with Crippen molar-refractivity contribution in [3.05, 3.63) is 30.3 Å². The largest absolute Gasteiger partial charge is 0.385 e. The Kier molecular flexibility index (Phi) is 9.92. The van der Waals surface area contributed by atoms with Gasteiger partial charge in [0, 0.05) is 18.2 Å². The van der Waals surface area contributed by atoms with Crippen molar-refractivity contribution in [2.24, 2.45) is 23.1 Å². The lowest BCUT2D eigenvalue weighted by Gasteiger charge is -2.30. The Balaban J connectivity index is 2.21. The Bertz CT molecular complexity index is 386. The van der Waals surface area contributed by atoms with Gasteiger partial charge in [0.25, 0.3) is 0 Å². The molecular formula is C19H36N4. The van der Waals surface area contributed by atoms with E-state index < -0.39 is 5.79 Å². The number of unbranched alkanes of at least 4 members (excludes halogenated alkanes) is 5. The molecule has 7 N–H and O–H groups in total. The number of anilines is 1. The molecule has 0 aliphatic rings. The van der Waals surface area contributed by atoms with Crippen molar-refractivity contribution in [2.45, 2.75) is 70.5 Å². The van der Waals surface area contributed by atoms with E-state index in [4.69, 9.17) is 17.2 Å². The summed E-state index contributed by atoms with van der Waals surface area (Å²) in [7, 11) is 0. The first-order chi connectivity index (χ1) is 11.0. The van der Waals surface area contributed by atoms with E-state index in [-0.39, 0.29) is 5.92 Å². The zero-order valence-corrected chi connectivity index (χ0v) is 14.8. The van der Waals surface area contributed by atoms with Crippen LogP contribution in [-0.2, 0) is 0 Å². The van der Waals surface area contributed by atoms with Gasteiger partial charge in [-0.15, -0.1) is 0 Å². The van der Waals surface area contributed by atoms with Crippen molar-refractivity contribution < 1.29 is 0 Å². The van der Waals surface area contributed by atoms with Crippen molar-refractivity contribution in [1.29, 1.82) is 0 Å². The second kappa shape index (κ2) is 11.4. The summed E-state index contributed by atoms with van der Waals surface area (Å²) in [4.78, 5) is 0. The van der Waals surface area contributed by atoms with Gasteiger partial charge in [-0.25, -0.2) is 0 Å². The van der Waals surface area contributed by atoms with Crippen molar-refractivity contribution in [3.63, 3.8) is 0 Å². The molecule has 0 saturated carbocycles. The van der Waals surface area contributed by atoms with Crippen molar-refractivity contribution in [2.75, 3.05) is 11.9 Å². The Hall–Kier alpha value is -1.10. The maximum atomic E-state index is 5.97. The first kappa shape index (κ1) is 19.9. The molecule has 4 heteroatoms. The van der Waals surface area contributed by atoms with E-state index in [1.54, 1.807) is 0 Å². The van der Waals surface area contributed by atoms with Gasteiger partial charge >= 0.3 is 0 Å². The van der Waals surface area contributed by atoms with E-state index in [9.17, 15) is 0 Å². The molecule has 1 unspecified atom stereocenters. The average molecular weight is 321 g/mol. The van der Waals surface area contributed by atoms with Crippen LogP contribution in [0.5, 0.6) is 0 Å². The van der Waals surface area contributed by atoms with Gasteiger partial charge in [0.2, 0.25) is 0 Å². The minimum absolute atomic E-state index is 0.186. The standard InChI is InChI=1S/C19H36N4/c1-2-3-4-5-6-8-12-17(19(20,21)22)13-11-16-23-18-14-9-7-10-15-18/h7,9-10,14-15,17,23H,2-6,8,11-13,16,20-22H2,1H3. The third-order valence-corrected chi connectivity index (χ3v) is 4.45. The molecule has 0 amide bonds. The lowest BCUT2D eigenvalue weighted by molar-refractivity contribution is 0.244. The summed E-state index contributed by atoms with van der Waals surface area (Å²) in [6.45, 7) is 3.16. The molecule has 0 radical (unpaired) electrons. The Labute approximate surface area is 142 Å². The maximum Gasteiger partial charge on any atom is 0.118 e. The molecule has 1 aromatic carbocycles. The highest BCUT2D eigenvalue weighted by Crippen LogP contribution is 2.21. The van der Waals surface area contributed by atoms with E-state index in [1.165, 1.54) is 38.5 Å². The van der Waals surface area contributed by atoms with Crippen LogP contribution in [0, 0.1) is 5.92 Å². The van der Waals surface area contributed by atoms with Crippen LogP contribution in [0.15, 0.2) is 30.3 Å². The van der Waals surface area contributed by atoms with Crippen LogP contribution in [0.1, 0.15) is 64.7 Å². The van der Waals surface area contributed by atoms with Gasteiger partial charge in [-0.2, -0.15) is 0 Å². The summed E-state index contributed by atoms with van der Waals surface area (Å²) in [5.41, 5.74) is 19.1. The molecule has 0 spiro atoms. The quantitative estimate of drug-likeness (QED) is 0.329. The van der Waals surface area contributed by atoms with Crippen LogP contribution in [0.2, 0.25) is 0 Å². The number of nitrogens with one attached hydrogen (secondary N) is 1. The van der Waals surface area contributed by atoms with E-state index in [0.717, 1.165) is 31.5 Å². The minimum atomic E-state index is -1.06. The first-order valence-electron chi connectivity index (χ1n) is 9.19. The van der Waals surface area contributed by atoms with Gasteiger partial charge in [0.05, 0.1) is 0 Å². The lowest BCUT2D eigenvalue weighted by Crippen LogP contribution is -2.63. The zero-order chi connectivity index (χ0) is 17.0. The third-order valence-electron chi connectivity index (χ3n) is 4.45. The Morgan fingerprint density at radius 2 is 1.48 bits per heavy atom. The fraction of sp³-hybridized carbons (Fsp3) is 0.684. The van der Waals surface area contributed by atoms with E-state index in [2.05, 4.69) is 24.4 Å². The van der Waals surface area contributed by atoms with Crippen molar-refractivity contribution in [1.82, 2.24) is 0 Å². The van der Waals surface area contributed by atoms with Crippen LogP contribution >= 0.6 is 0 Å². The number of hydrogen-bond donors (Lipinski definition) is 4. The van der Waals surface area contributed by atoms with Crippen LogP contribution in [0.3, 0.4) is 0 Å². The summed E-state index contributed by atoms with van der Waals surface area (Å²) >= 11 is 0. The topological polar surface area (TPSA) is 90.1 Å². The second-order valence-corrected chi connectivity index (χ2v) is 6.69. The highest BCUT2D eigenvalue weighted by molar-refractivity contribution is 5.42. The molecule has 1 atom stereocenters. The van der Waals surface area contributed by atoms with Gasteiger partial charge in [0.15, 0.2) is 0 Å². The fourth-order valence-corrected chi connectivity index (χ4v) is 2.95. The Morgan fingerprint density at radius 3 is 2.13 bits per heavy atom. The molecular weight excluding hydrogens is 284 g/mol. The average Bonchev–Trinajstić information content (AvgIpc) is 2.52. The summed E-state index contributed by atoms with van der Waals surface area (Å²) in [6.07, 6.45) is 10.7. The summed E-state index contributed by atoms with van der Waals surface area (Å²) in [5, 5.41) is 3.42. The summed E-state index contributed by atoms with van der Waals surface area (Å²) < 4.78 is 0. The molecule has 0 aliphatic heterocycles. The minimum Gasteiger partial charge on any atom is -0.385 e. The SMILES string of the molecule is CCCCCCCCC(CCCNc1ccccc1)C(N)(N)N. The number of hydrogen-bond acceptors (Lipinski definition) is 4. The highest BCUT2D eigenvalue weighted by Gasteiger charge is 2.25. The third kappa shape index (κ3) is 9.59. The number of benzene rings is 1. The van der Waals surface area contributed by atoms with Gasteiger partial charge in [0.1, 0.15) is 5.79 Å². The van der Waals surface area contributed by atoms with Gasteiger partial charge in [-0.3, -0.25) is 0 Å². The predicted molar refractivity (Wildman–Crippen MR) is 101 cm³/mol. The lowest BCUT2D eigenvalue weighted by atomic mass is 9.90. The smallest absolute Gasteiger partial charge is 0.118 e. The van der Waals surface area contributed by atoms with Crippen molar-refractivity contribution in [3.8, 4) is 0 Å². The van der Waals surface area contributed by atoms with Crippen LogP contribution < -0.4 is 22.5 Å². The molecule has 0 saturated heterocycles. The number of rotatable bonds is 13. The molecule has 23 heavy (non-hydrogen) atoms. The number of nitrogens with two attached hydrogens (primary N) is 3. The first-order valence-corrected chi connectivity index (χ1v) is 9.19. The molecule has 0 bridgehead atoms. The van der Waals surface area contributed by atoms with E-state index in [1.807, 2.05) is 18.2 Å². The predicted octanol–water partition coefficient (Wildman–Crippen LogP) is 3.78. The second-order valence-electron chi connectivity index (χ2n) is 6.69. The summed E-state index contributed by atoms with van der Waals surface area (Å²) in [5.74, 6) is -0.873. The van der Waals surface area contributed by atoms with Gasteiger partial charge in [-0.05, 0) is 31.4 Å². The number of para-hydroxylation sites is 1.